The summed E-state index contributed by atoms with van der Waals surface area (Å²) >= 11 is 1.63. The summed E-state index contributed by atoms with van der Waals surface area (Å²) in [5.74, 6) is -2.17. The molecule has 0 saturated carbocycles. The van der Waals surface area contributed by atoms with Crippen molar-refractivity contribution in [3.8, 4) is 0 Å². The maximum Gasteiger partial charge on any atom is 0.408 e. The molecule has 1 saturated heterocycles. The molecule has 1 aromatic carbocycles. The number of cyclic esters (lactones) is 1. The molecule has 3 nitrogen and oxygen atoms in total. The van der Waals surface area contributed by atoms with Crippen molar-refractivity contribution in [3.05, 3.63) is 29.8 Å². The van der Waals surface area contributed by atoms with Crippen molar-refractivity contribution in [1.82, 2.24) is 5.32 Å². The average Bonchev–Trinajstić information content (AvgIpc) is 2.34. The third-order valence-corrected chi connectivity index (χ3v) is 3.50. The number of hydrogen-bond acceptors (Lipinski definition) is 3. The molecule has 1 amide bonds. The van der Waals surface area contributed by atoms with Crippen LogP contribution in [-0.2, 0) is 4.74 Å². The number of alkyl carbamates (subject to hydrolysis) is 1. The van der Waals surface area contributed by atoms with Crippen LogP contribution in [0.15, 0.2) is 29.2 Å². The zero-order valence-electron chi connectivity index (χ0n) is 9.78. The van der Waals surface area contributed by atoms with E-state index in [4.69, 9.17) is 0 Å². The second kappa shape index (κ2) is 5.14. The van der Waals surface area contributed by atoms with Crippen molar-refractivity contribution in [2.45, 2.75) is 23.8 Å². The summed E-state index contributed by atoms with van der Waals surface area (Å²) < 4.78 is 31.6. The Labute approximate surface area is 108 Å². The van der Waals surface area contributed by atoms with E-state index < -0.39 is 24.7 Å². The van der Waals surface area contributed by atoms with Crippen LogP contribution in [0.5, 0.6) is 0 Å². The molecule has 0 unspecified atom stereocenters. The highest BCUT2D eigenvalue weighted by atomic mass is 32.2. The van der Waals surface area contributed by atoms with Gasteiger partial charge in [-0.05, 0) is 23.4 Å². The number of carbonyl (C=O) groups excluding carboxylic acids is 1. The van der Waals surface area contributed by atoms with Crippen LogP contribution in [-0.4, -0.2) is 24.4 Å². The first kappa shape index (κ1) is 13.1. The van der Waals surface area contributed by atoms with Crippen LogP contribution in [0.25, 0.3) is 0 Å². The molecule has 1 aliphatic heterocycles. The molecule has 0 aromatic heterocycles. The van der Waals surface area contributed by atoms with Crippen molar-refractivity contribution < 1.29 is 18.3 Å². The van der Waals surface area contributed by atoms with E-state index >= 15 is 0 Å². The third kappa shape index (κ3) is 2.75. The SMILES string of the molecule is CCSc1ccc([C@@H]2NC(=O)OCC2(F)F)cc1. The first-order chi connectivity index (χ1) is 8.53. The van der Waals surface area contributed by atoms with Gasteiger partial charge >= 0.3 is 12.0 Å². The van der Waals surface area contributed by atoms with Crippen LogP contribution < -0.4 is 5.32 Å². The summed E-state index contributed by atoms with van der Waals surface area (Å²) in [4.78, 5) is 12.0. The monoisotopic (exact) mass is 273 g/mol. The zero-order chi connectivity index (χ0) is 13.2. The van der Waals surface area contributed by atoms with Crippen LogP contribution in [0.4, 0.5) is 13.6 Å². The van der Waals surface area contributed by atoms with Crippen LogP contribution in [0.3, 0.4) is 0 Å². The summed E-state index contributed by atoms with van der Waals surface area (Å²) in [5, 5.41) is 2.16. The highest BCUT2D eigenvalue weighted by Gasteiger charge is 2.46. The van der Waals surface area contributed by atoms with Gasteiger partial charge in [-0.25, -0.2) is 13.6 Å². The molecule has 1 atom stereocenters. The predicted molar refractivity (Wildman–Crippen MR) is 65.0 cm³/mol. The predicted octanol–water partition coefficient (Wildman–Crippen LogP) is 3.21. The second-order valence-electron chi connectivity index (χ2n) is 3.92. The van der Waals surface area contributed by atoms with E-state index in [1.54, 1.807) is 36.0 Å². The molecule has 18 heavy (non-hydrogen) atoms. The molecule has 98 valence electrons. The van der Waals surface area contributed by atoms with E-state index in [-0.39, 0.29) is 0 Å². The lowest BCUT2D eigenvalue weighted by Crippen LogP contribution is -2.49. The molecule has 0 spiro atoms. The molecule has 2 rings (SSSR count). The minimum Gasteiger partial charge on any atom is -0.443 e. The van der Waals surface area contributed by atoms with Gasteiger partial charge in [0.1, 0.15) is 6.04 Å². The number of nitrogens with one attached hydrogen (secondary N) is 1. The van der Waals surface area contributed by atoms with Gasteiger partial charge in [-0.3, -0.25) is 0 Å². The first-order valence-corrected chi connectivity index (χ1v) is 6.55. The minimum absolute atomic E-state index is 0.386. The smallest absolute Gasteiger partial charge is 0.408 e. The zero-order valence-corrected chi connectivity index (χ0v) is 10.6. The van der Waals surface area contributed by atoms with Gasteiger partial charge < -0.3 is 10.1 Å². The summed E-state index contributed by atoms with van der Waals surface area (Å²) in [7, 11) is 0. The number of carbonyl (C=O) groups is 1. The fourth-order valence-corrected chi connectivity index (χ4v) is 2.42. The maximum atomic E-state index is 13.6. The number of halogens is 2. The molecule has 1 N–H and O–H groups in total. The fourth-order valence-electron chi connectivity index (χ4n) is 1.76. The normalized spacial score (nSPS) is 22.2. The van der Waals surface area contributed by atoms with Gasteiger partial charge in [0, 0.05) is 4.90 Å². The number of ether oxygens (including phenoxy) is 1. The van der Waals surface area contributed by atoms with E-state index in [1.165, 1.54) is 0 Å². The average molecular weight is 273 g/mol. The van der Waals surface area contributed by atoms with Gasteiger partial charge in [0.15, 0.2) is 6.61 Å². The molecule has 1 aliphatic rings. The number of benzene rings is 1. The van der Waals surface area contributed by atoms with E-state index in [9.17, 15) is 13.6 Å². The first-order valence-electron chi connectivity index (χ1n) is 5.57. The van der Waals surface area contributed by atoms with Crippen LogP contribution in [0.1, 0.15) is 18.5 Å². The van der Waals surface area contributed by atoms with Crippen LogP contribution >= 0.6 is 11.8 Å². The Morgan fingerprint density at radius 3 is 2.72 bits per heavy atom. The number of thioether (sulfide) groups is 1. The standard InChI is InChI=1S/C12H13F2NO2S/c1-2-18-9-5-3-8(4-6-9)10-12(13,14)7-17-11(16)15-10/h3-6,10H,2,7H2,1H3,(H,15,16)/t10-/m0/s1. The molecule has 1 fully saturated rings. The van der Waals surface area contributed by atoms with Gasteiger partial charge in [-0.15, -0.1) is 11.8 Å². The third-order valence-electron chi connectivity index (χ3n) is 2.60. The van der Waals surface area contributed by atoms with Crippen molar-refractivity contribution in [2.75, 3.05) is 12.4 Å². The van der Waals surface area contributed by atoms with Crippen LogP contribution in [0.2, 0.25) is 0 Å². The number of rotatable bonds is 3. The van der Waals surface area contributed by atoms with Crippen molar-refractivity contribution in [1.29, 1.82) is 0 Å². The Bertz CT molecular complexity index is 436. The van der Waals surface area contributed by atoms with Gasteiger partial charge in [-0.2, -0.15) is 0 Å². The van der Waals surface area contributed by atoms with E-state index in [0.717, 1.165) is 10.6 Å². The molecular formula is C12H13F2NO2S. The van der Waals surface area contributed by atoms with Crippen molar-refractivity contribution >= 4 is 17.9 Å². The summed E-state index contributed by atoms with van der Waals surface area (Å²) in [6.07, 6.45) is -0.807. The molecule has 0 radical (unpaired) electrons. The van der Waals surface area contributed by atoms with E-state index in [0.29, 0.717) is 5.56 Å². The Morgan fingerprint density at radius 1 is 1.44 bits per heavy atom. The Hall–Kier alpha value is -1.30. The molecule has 1 heterocycles. The van der Waals surface area contributed by atoms with Gasteiger partial charge in [0.2, 0.25) is 0 Å². The molecule has 6 heteroatoms. The van der Waals surface area contributed by atoms with Crippen molar-refractivity contribution in [3.63, 3.8) is 0 Å². The number of amides is 1. The Balaban J connectivity index is 2.20. The lowest BCUT2D eigenvalue weighted by molar-refractivity contribution is -0.104. The largest absolute Gasteiger partial charge is 0.443 e. The lowest BCUT2D eigenvalue weighted by atomic mass is 10.0. The number of hydrogen-bond donors (Lipinski definition) is 1. The van der Waals surface area contributed by atoms with Gasteiger partial charge in [0.05, 0.1) is 0 Å². The summed E-state index contributed by atoms with van der Waals surface area (Å²) in [6, 6.07) is 5.46. The highest BCUT2D eigenvalue weighted by molar-refractivity contribution is 7.99. The summed E-state index contributed by atoms with van der Waals surface area (Å²) in [6.45, 7) is 1.14. The topological polar surface area (TPSA) is 38.3 Å². The summed E-state index contributed by atoms with van der Waals surface area (Å²) in [5.41, 5.74) is 0.386. The van der Waals surface area contributed by atoms with Gasteiger partial charge in [0.25, 0.3) is 0 Å². The number of alkyl halides is 2. The molecule has 1 aromatic rings. The Morgan fingerprint density at radius 2 is 2.11 bits per heavy atom. The second-order valence-corrected chi connectivity index (χ2v) is 5.25. The Kier molecular flexibility index (Phi) is 3.75. The molecule has 0 bridgehead atoms. The quantitative estimate of drug-likeness (QED) is 0.859. The van der Waals surface area contributed by atoms with E-state index in [1.807, 2.05) is 6.92 Å². The lowest BCUT2D eigenvalue weighted by Gasteiger charge is -2.31. The van der Waals surface area contributed by atoms with Crippen molar-refractivity contribution in [2.24, 2.45) is 0 Å². The molecular weight excluding hydrogens is 260 g/mol. The van der Waals surface area contributed by atoms with Crippen LogP contribution in [0, 0.1) is 0 Å². The maximum absolute atomic E-state index is 13.6. The highest BCUT2D eigenvalue weighted by Crippen LogP contribution is 2.35. The molecule has 0 aliphatic carbocycles. The minimum atomic E-state index is -3.09. The van der Waals surface area contributed by atoms with Gasteiger partial charge in [-0.1, -0.05) is 19.1 Å². The fraction of sp³-hybridized carbons (Fsp3) is 0.417. The van der Waals surface area contributed by atoms with E-state index in [2.05, 4.69) is 10.1 Å².